The standard InChI is InChI=1S/C13H19NS2/c1-3-4-9(2)7-10(14)12-8-13-11(16-12)5-6-15-13/h5-6,8-10H,3-4,7,14H2,1-2H3. The van der Waals surface area contributed by atoms with Crippen molar-refractivity contribution < 1.29 is 0 Å². The smallest absolute Gasteiger partial charge is 0.0454 e. The van der Waals surface area contributed by atoms with Crippen LogP contribution in [0.3, 0.4) is 0 Å². The zero-order valence-corrected chi connectivity index (χ0v) is 11.5. The van der Waals surface area contributed by atoms with Crippen LogP contribution >= 0.6 is 22.7 Å². The summed E-state index contributed by atoms with van der Waals surface area (Å²) in [7, 11) is 0. The molecule has 0 bridgehead atoms. The van der Waals surface area contributed by atoms with Crippen molar-refractivity contribution in [3.63, 3.8) is 0 Å². The molecular weight excluding hydrogens is 234 g/mol. The van der Waals surface area contributed by atoms with Crippen LogP contribution in [0.15, 0.2) is 17.5 Å². The van der Waals surface area contributed by atoms with Crippen LogP contribution in [0.1, 0.15) is 44.0 Å². The molecule has 2 atom stereocenters. The molecule has 0 fully saturated rings. The van der Waals surface area contributed by atoms with E-state index in [1.807, 2.05) is 22.7 Å². The van der Waals surface area contributed by atoms with E-state index in [1.54, 1.807) is 0 Å². The highest BCUT2D eigenvalue weighted by molar-refractivity contribution is 7.26. The average Bonchev–Trinajstić information content (AvgIpc) is 2.76. The Hall–Kier alpha value is -0.380. The summed E-state index contributed by atoms with van der Waals surface area (Å²) in [6.45, 7) is 4.54. The van der Waals surface area contributed by atoms with E-state index in [9.17, 15) is 0 Å². The number of thiophene rings is 2. The lowest BCUT2D eigenvalue weighted by molar-refractivity contribution is 0.443. The van der Waals surface area contributed by atoms with E-state index in [2.05, 4.69) is 31.4 Å². The van der Waals surface area contributed by atoms with Gasteiger partial charge in [-0.05, 0) is 29.9 Å². The van der Waals surface area contributed by atoms with Gasteiger partial charge in [-0.15, -0.1) is 22.7 Å². The van der Waals surface area contributed by atoms with Crippen molar-refractivity contribution in [3.05, 3.63) is 22.4 Å². The fourth-order valence-corrected chi connectivity index (χ4v) is 4.26. The Labute approximate surface area is 105 Å². The van der Waals surface area contributed by atoms with Crippen LogP contribution in [0.4, 0.5) is 0 Å². The van der Waals surface area contributed by atoms with Gasteiger partial charge in [0, 0.05) is 20.3 Å². The molecule has 2 rings (SSSR count). The maximum absolute atomic E-state index is 6.26. The molecule has 2 heterocycles. The molecule has 1 nitrogen and oxygen atoms in total. The fraction of sp³-hybridized carbons (Fsp3) is 0.538. The molecule has 3 heteroatoms. The monoisotopic (exact) mass is 253 g/mol. The Balaban J connectivity index is 2.04. The van der Waals surface area contributed by atoms with E-state index in [1.165, 1.54) is 27.1 Å². The molecule has 88 valence electrons. The summed E-state index contributed by atoms with van der Waals surface area (Å²) in [5, 5.41) is 2.15. The van der Waals surface area contributed by atoms with Crippen LogP contribution in [0.2, 0.25) is 0 Å². The Bertz CT molecular complexity index is 415. The van der Waals surface area contributed by atoms with E-state index in [0.717, 1.165) is 12.3 Å². The van der Waals surface area contributed by atoms with Crippen LogP contribution in [-0.2, 0) is 0 Å². The van der Waals surface area contributed by atoms with Gasteiger partial charge in [-0.2, -0.15) is 0 Å². The van der Waals surface area contributed by atoms with Crippen molar-refractivity contribution in [3.8, 4) is 0 Å². The molecular formula is C13H19NS2. The van der Waals surface area contributed by atoms with Gasteiger partial charge in [0.05, 0.1) is 0 Å². The van der Waals surface area contributed by atoms with Crippen molar-refractivity contribution in [2.75, 3.05) is 0 Å². The van der Waals surface area contributed by atoms with Crippen LogP contribution in [-0.4, -0.2) is 0 Å². The summed E-state index contributed by atoms with van der Waals surface area (Å²) in [4.78, 5) is 1.35. The molecule has 0 amide bonds. The molecule has 0 spiro atoms. The number of hydrogen-bond donors (Lipinski definition) is 1. The van der Waals surface area contributed by atoms with Gasteiger partial charge in [-0.3, -0.25) is 0 Å². The van der Waals surface area contributed by atoms with E-state index in [4.69, 9.17) is 5.73 Å². The first kappa shape index (κ1) is 12.1. The number of rotatable bonds is 5. The third kappa shape index (κ3) is 2.65. The zero-order valence-electron chi connectivity index (χ0n) is 9.90. The lowest BCUT2D eigenvalue weighted by Crippen LogP contribution is -2.12. The van der Waals surface area contributed by atoms with Crippen molar-refractivity contribution in [1.29, 1.82) is 0 Å². The minimum absolute atomic E-state index is 0.228. The summed E-state index contributed by atoms with van der Waals surface area (Å²) in [6.07, 6.45) is 3.66. The highest BCUT2D eigenvalue weighted by Crippen LogP contribution is 2.34. The van der Waals surface area contributed by atoms with Crippen molar-refractivity contribution in [2.45, 2.75) is 39.2 Å². The molecule has 2 aromatic rings. The van der Waals surface area contributed by atoms with Crippen LogP contribution in [0.25, 0.3) is 9.40 Å². The summed E-state index contributed by atoms with van der Waals surface area (Å²) >= 11 is 3.67. The van der Waals surface area contributed by atoms with Gasteiger partial charge in [-0.25, -0.2) is 0 Å². The Morgan fingerprint density at radius 2 is 2.19 bits per heavy atom. The molecule has 0 radical (unpaired) electrons. The molecule has 0 saturated heterocycles. The zero-order chi connectivity index (χ0) is 11.5. The quantitative estimate of drug-likeness (QED) is 0.814. The molecule has 0 aromatic carbocycles. The summed E-state index contributed by atoms with van der Waals surface area (Å²) in [6, 6.07) is 4.69. The van der Waals surface area contributed by atoms with E-state index < -0.39 is 0 Å². The molecule has 2 aromatic heterocycles. The van der Waals surface area contributed by atoms with Crippen LogP contribution < -0.4 is 5.73 Å². The average molecular weight is 253 g/mol. The molecule has 0 aliphatic heterocycles. The normalized spacial score (nSPS) is 15.4. The first-order valence-electron chi connectivity index (χ1n) is 5.93. The first-order valence-corrected chi connectivity index (χ1v) is 7.62. The number of hydrogen-bond acceptors (Lipinski definition) is 3. The number of fused-ring (bicyclic) bond motifs is 1. The topological polar surface area (TPSA) is 26.0 Å². The summed E-state index contributed by atoms with van der Waals surface area (Å²) in [5.74, 6) is 0.736. The van der Waals surface area contributed by atoms with Gasteiger partial charge in [0.2, 0.25) is 0 Å². The lowest BCUT2D eigenvalue weighted by atomic mass is 9.97. The minimum atomic E-state index is 0.228. The maximum Gasteiger partial charge on any atom is 0.0454 e. The Kier molecular flexibility index (Phi) is 4.00. The van der Waals surface area contributed by atoms with Gasteiger partial charge < -0.3 is 5.73 Å². The lowest BCUT2D eigenvalue weighted by Gasteiger charge is -2.15. The third-order valence-electron chi connectivity index (χ3n) is 2.96. The molecule has 0 aliphatic rings. The molecule has 2 unspecified atom stereocenters. The number of nitrogens with two attached hydrogens (primary N) is 1. The second kappa shape index (κ2) is 5.30. The van der Waals surface area contributed by atoms with Crippen molar-refractivity contribution in [1.82, 2.24) is 0 Å². The second-order valence-electron chi connectivity index (χ2n) is 4.53. The highest BCUT2D eigenvalue weighted by atomic mass is 32.1. The molecule has 16 heavy (non-hydrogen) atoms. The molecule has 0 aliphatic carbocycles. The van der Waals surface area contributed by atoms with Gasteiger partial charge in [0.1, 0.15) is 0 Å². The van der Waals surface area contributed by atoms with Crippen molar-refractivity contribution >= 4 is 32.1 Å². The minimum Gasteiger partial charge on any atom is -0.323 e. The van der Waals surface area contributed by atoms with Crippen molar-refractivity contribution in [2.24, 2.45) is 11.7 Å². The fourth-order valence-electron chi connectivity index (χ4n) is 2.13. The first-order chi connectivity index (χ1) is 7.70. The predicted octanol–water partition coefficient (Wildman–Crippen LogP) is 4.79. The molecule has 2 N–H and O–H groups in total. The highest BCUT2D eigenvalue weighted by Gasteiger charge is 2.13. The van der Waals surface area contributed by atoms with E-state index in [0.29, 0.717) is 0 Å². The van der Waals surface area contributed by atoms with Gasteiger partial charge >= 0.3 is 0 Å². The van der Waals surface area contributed by atoms with E-state index in [-0.39, 0.29) is 6.04 Å². The predicted molar refractivity (Wildman–Crippen MR) is 75.3 cm³/mol. The summed E-state index contributed by atoms with van der Waals surface area (Å²) in [5.41, 5.74) is 6.26. The summed E-state index contributed by atoms with van der Waals surface area (Å²) < 4.78 is 2.78. The van der Waals surface area contributed by atoms with Gasteiger partial charge in [0.25, 0.3) is 0 Å². The third-order valence-corrected chi connectivity index (χ3v) is 5.19. The van der Waals surface area contributed by atoms with Gasteiger partial charge in [0.15, 0.2) is 0 Å². The molecule has 0 saturated carbocycles. The largest absolute Gasteiger partial charge is 0.323 e. The van der Waals surface area contributed by atoms with Crippen LogP contribution in [0, 0.1) is 5.92 Å². The van der Waals surface area contributed by atoms with Crippen LogP contribution in [0.5, 0.6) is 0 Å². The maximum atomic E-state index is 6.26. The SMILES string of the molecule is CCCC(C)CC(N)c1cc2sccc2s1. The Morgan fingerprint density at radius 3 is 2.88 bits per heavy atom. The Morgan fingerprint density at radius 1 is 1.38 bits per heavy atom. The van der Waals surface area contributed by atoms with E-state index >= 15 is 0 Å². The second-order valence-corrected chi connectivity index (χ2v) is 6.60. The van der Waals surface area contributed by atoms with Gasteiger partial charge in [-0.1, -0.05) is 26.7 Å².